The number of rotatable bonds is 9. The number of nitriles is 1. The van der Waals surface area contributed by atoms with E-state index in [4.69, 9.17) is 19.7 Å². The highest BCUT2D eigenvalue weighted by atomic mass is 19.1. The van der Waals surface area contributed by atoms with E-state index in [9.17, 15) is 14.3 Å². The van der Waals surface area contributed by atoms with Gasteiger partial charge in [-0.1, -0.05) is 12.1 Å². The molecule has 1 N–H and O–H groups in total. The molecule has 4 heterocycles. The van der Waals surface area contributed by atoms with E-state index in [1.165, 1.54) is 6.07 Å². The molecule has 1 aliphatic carbocycles. The molecule has 4 aromatic rings. The minimum atomic E-state index is -0.951. The highest BCUT2D eigenvalue weighted by molar-refractivity contribution is 5.92. The number of pyridine rings is 1. The number of carboxylic acids is 1. The Hall–Kier alpha value is -4.33. The van der Waals surface area contributed by atoms with E-state index in [2.05, 4.69) is 20.5 Å². The van der Waals surface area contributed by atoms with Gasteiger partial charge < -0.3 is 19.1 Å². The molecule has 1 saturated carbocycles. The van der Waals surface area contributed by atoms with Crippen LogP contribution in [0, 0.1) is 23.1 Å². The molecule has 3 unspecified atom stereocenters. The average molecular weight is 568 g/mol. The summed E-state index contributed by atoms with van der Waals surface area (Å²) in [4.78, 5) is 23.5. The Bertz CT molecular complexity index is 1730. The topological polar surface area (TPSA) is 114 Å². The van der Waals surface area contributed by atoms with E-state index in [-0.39, 0.29) is 29.3 Å². The number of halogens is 1. The van der Waals surface area contributed by atoms with Crippen molar-refractivity contribution in [1.29, 1.82) is 5.26 Å². The molecule has 2 aliphatic heterocycles. The van der Waals surface area contributed by atoms with Crippen LogP contribution in [0.5, 0.6) is 5.88 Å². The minimum absolute atomic E-state index is 0.0143. The largest absolute Gasteiger partial charge is 0.478 e. The number of imidazole rings is 1. The highest BCUT2D eigenvalue weighted by Gasteiger charge is 2.58. The molecule has 0 radical (unpaired) electrons. The van der Waals surface area contributed by atoms with Gasteiger partial charge in [-0.25, -0.2) is 19.2 Å². The number of hydrogen-bond donors (Lipinski definition) is 1. The van der Waals surface area contributed by atoms with Gasteiger partial charge in [0.2, 0.25) is 5.88 Å². The molecule has 10 heteroatoms. The third-order valence-corrected chi connectivity index (χ3v) is 9.06. The SMILES string of the molecule is N#Cc1ccc(COc2ncccc2C23CCN(Cc4nc5ccc(C(=O)O)cc5n4CC4CCO4)CC2C3)c(F)c1. The summed E-state index contributed by atoms with van der Waals surface area (Å²) in [5, 5.41) is 18.5. The lowest BCUT2D eigenvalue weighted by molar-refractivity contribution is -0.0592. The summed E-state index contributed by atoms with van der Waals surface area (Å²) >= 11 is 0. The van der Waals surface area contributed by atoms with Crippen molar-refractivity contribution in [3.63, 3.8) is 0 Å². The Labute approximate surface area is 242 Å². The summed E-state index contributed by atoms with van der Waals surface area (Å²) < 4.78 is 28.4. The van der Waals surface area contributed by atoms with Crippen LogP contribution in [0.2, 0.25) is 0 Å². The van der Waals surface area contributed by atoms with Crippen LogP contribution in [0.4, 0.5) is 4.39 Å². The van der Waals surface area contributed by atoms with Crippen LogP contribution in [0.1, 0.15) is 52.1 Å². The van der Waals surface area contributed by atoms with Crippen LogP contribution >= 0.6 is 0 Å². The average Bonchev–Trinajstić information content (AvgIpc) is 3.61. The smallest absolute Gasteiger partial charge is 0.335 e. The summed E-state index contributed by atoms with van der Waals surface area (Å²) in [5.74, 6) is 0.486. The number of benzene rings is 2. The molecule has 214 valence electrons. The maximum absolute atomic E-state index is 14.4. The maximum atomic E-state index is 14.4. The molecular formula is C32H30FN5O4. The van der Waals surface area contributed by atoms with E-state index in [1.54, 1.807) is 36.5 Å². The normalized spacial score (nSPS) is 23.1. The molecule has 7 rings (SSSR count). The van der Waals surface area contributed by atoms with Crippen molar-refractivity contribution in [3.05, 3.63) is 88.6 Å². The van der Waals surface area contributed by atoms with Crippen molar-refractivity contribution in [2.24, 2.45) is 5.92 Å². The first-order valence-corrected chi connectivity index (χ1v) is 14.3. The second kappa shape index (κ2) is 10.5. The Morgan fingerprint density at radius 3 is 2.88 bits per heavy atom. The number of carboxylic acid groups (broad SMARTS) is 1. The van der Waals surface area contributed by atoms with Crippen molar-refractivity contribution >= 4 is 17.0 Å². The van der Waals surface area contributed by atoms with Gasteiger partial charge in [0, 0.05) is 35.9 Å². The molecule has 2 aromatic heterocycles. The van der Waals surface area contributed by atoms with Gasteiger partial charge in [-0.15, -0.1) is 0 Å². The molecule has 3 fully saturated rings. The molecule has 3 atom stereocenters. The molecule has 2 saturated heterocycles. The number of piperidine rings is 1. The molecule has 42 heavy (non-hydrogen) atoms. The lowest BCUT2D eigenvalue weighted by Crippen LogP contribution is -2.37. The molecular weight excluding hydrogens is 537 g/mol. The van der Waals surface area contributed by atoms with E-state index in [0.717, 1.165) is 61.4 Å². The van der Waals surface area contributed by atoms with Crippen LogP contribution in [0.25, 0.3) is 11.0 Å². The van der Waals surface area contributed by atoms with Crippen molar-refractivity contribution in [2.75, 3.05) is 19.7 Å². The Morgan fingerprint density at radius 1 is 1.26 bits per heavy atom. The Morgan fingerprint density at radius 2 is 2.14 bits per heavy atom. The number of nitrogens with zero attached hydrogens (tertiary/aromatic N) is 5. The number of ether oxygens (including phenoxy) is 2. The number of fused-ring (bicyclic) bond motifs is 2. The summed E-state index contributed by atoms with van der Waals surface area (Å²) in [6.07, 6.45) is 4.78. The second-order valence-electron chi connectivity index (χ2n) is 11.5. The van der Waals surface area contributed by atoms with E-state index < -0.39 is 11.8 Å². The zero-order valence-corrected chi connectivity index (χ0v) is 23.0. The highest BCUT2D eigenvalue weighted by Crippen LogP contribution is 2.61. The van der Waals surface area contributed by atoms with Gasteiger partial charge in [-0.3, -0.25) is 4.90 Å². The predicted molar refractivity (Wildman–Crippen MR) is 150 cm³/mol. The van der Waals surface area contributed by atoms with Gasteiger partial charge in [0.1, 0.15) is 18.2 Å². The molecule has 9 nitrogen and oxygen atoms in total. The zero-order valence-electron chi connectivity index (χ0n) is 23.0. The standard InChI is InChI=1S/C32H30FN5O4/c33-26-12-20(15-34)3-4-22(26)19-42-30-25(2-1-9-35-30)32-8-10-37(16-23(32)14-32)18-29-36-27-6-5-21(31(39)40)13-28(27)38(29)17-24-7-11-41-24/h1-6,9,12-13,23-24H,7-8,10-11,14,16-19H2,(H,39,40). The Kier molecular flexibility index (Phi) is 6.64. The predicted octanol–water partition coefficient (Wildman–Crippen LogP) is 4.67. The van der Waals surface area contributed by atoms with Crippen molar-refractivity contribution in [1.82, 2.24) is 19.4 Å². The fourth-order valence-corrected chi connectivity index (χ4v) is 6.52. The van der Waals surface area contributed by atoms with Crippen LogP contribution in [-0.4, -0.2) is 56.3 Å². The lowest BCUT2D eigenvalue weighted by atomic mass is 9.87. The van der Waals surface area contributed by atoms with Crippen molar-refractivity contribution in [3.8, 4) is 11.9 Å². The summed E-state index contributed by atoms with van der Waals surface area (Å²) in [7, 11) is 0. The molecule has 0 amide bonds. The van der Waals surface area contributed by atoms with Gasteiger partial charge in [0.05, 0.1) is 47.4 Å². The van der Waals surface area contributed by atoms with E-state index >= 15 is 0 Å². The fourth-order valence-electron chi connectivity index (χ4n) is 6.52. The molecule has 3 aliphatic rings. The maximum Gasteiger partial charge on any atom is 0.335 e. The molecule has 2 aromatic carbocycles. The second-order valence-corrected chi connectivity index (χ2v) is 11.5. The Balaban J connectivity index is 1.07. The van der Waals surface area contributed by atoms with Gasteiger partial charge in [0.15, 0.2) is 0 Å². The molecule has 0 bridgehead atoms. The fraction of sp³-hybridized carbons (Fsp3) is 0.375. The van der Waals surface area contributed by atoms with Crippen molar-refractivity contribution in [2.45, 2.75) is 50.5 Å². The van der Waals surface area contributed by atoms with Crippen LogP contribution in [-0.2, 0) is 29.8 Å². The summed E-state index contributed by atoms with van der Waals surface area (Å²) in [6, 6.07) is 15.5. The molecule has 0 spiro atoms. The van der Waals surface area contributed by atoms with Crippen molar-refractivity contribution < 1.29 is 23.8 Å². The first-order chi connectivity index (χ1) is 20.4. The monoisotopic (exact) mass is 567 g/mol. The quantitative estimate of drug-likeness (QED) is 0.310. The number of aromatic carboxylic acids is 1. The van der Waals surface area contributed by atoms with Gasteiger partial charge in [0.25, 0.3) is 0 Å². The van der Waals surface area contributed by atoms with E-state index in [0.29, 0.717) is 30.5 Å². The number of likely N-dealkylation sites (tertiary alicyclic amines) is 1. The number of hydrogen-bond acceptors (Lipinski definition) is 7. The van der Waals surface area contributed by atoms with Crippen LogP contribution < -0.4 is 4.74 Å². The summed E-state index contributed by atoms with van der Waals surface area (Å²) in [6.45, 7) is 3.90. The third-order valence-electron chi connectivity index (χ3n) is 9.06. The van der Waals surface area contributed by atoms with Gasteiger partial charge in [-0.2, -0.15) is 5.26 Å². The van der Waals surface area contributed by atoms with Gasteiger partial charge in [-0.05, 0) is 68.1 Å². The van der Waals surface area contributed by atoms with Crippen LogP contribution in [0.3, 0.4) is 0 Å². The van der Waals surface area contributed by atoms with Crippen LogP contribution in [0.15, 0.2) is 54.7 Å². The number of aromatic nitrogens is 3. The summed E-state index contributed by atoms with van der Waals surface area (Å²) in [5.41, 5.74) is 3.59. The first-order valence-electron chi connectivity index (χ1n) is 14.3. The lowest BCUT2D eigenvalue weighted by Gasteiger charge is -2.33. The van der Waals surface area contributed by atoms with E-state index in [1.807, 2.05) is 12.1 Å². The zero-order chi connectivity index (χ0) is 28.8. The minimum Gasteiger partial charge on any atom is -0.478 e. The number of carbonyl (C=O) groups is 1. The van der Waals surface area contributed by atoms with Gasteiger partial charge >= 0.3 is 5.97 Å². The third kappa shape index (κ3) is 4.78. The first kappa shape index (κ1) is 26.6.